The van der Waals surface area contributed by atoms with E-state index >= 15 is 0 Å². The molecule has 1 heterocycles. The van der Waals surface area contributed by atoms with Crippen LogP contribution in [0.15, 0.2) is 13.6 Å². The summed E-state index contributed by atoms with van der Waals surface area (Å²) >= 11 is 0. The Kier molecular flexibility index (Phi) is 12.3. The Bertz CT molecular complexity index is 482. The summed E-state index contributed by atoms with van der Waals surface area (Å²) in [4.78, 5) is 32.4. The third-order valence-corrected chi connectivity index (χ3v) is 1.80. The van der Waals surface area contributed by atoms with Crippen molar-refractivity contribution >= 4 is 12.0 Å². The van der Waals surface area contributed by atoms with Gasteiger partial charge in [0.05, 0.1) is 6.54 Å². The van der Waals surface area contributed by atoms with Gasteiger partial charge in [0.2, 0.25) is 0 Å². The maximum absolute atomic E-state index is 11.2. The first-order chi connectivity index (χ1) is 9.49. The van der Waals surface area contributed by atoms with Crippen LogP contribution in [0.3, 0.4) is 0 Å². The van der Waals surface area contributed by atoms with Crippen LogP contribution in [-0.2, 0) is 29.0 Å². The number of esters is 1. The molecule has 8 nitrogen and oxygen atoms in total. The van der Waals surface area contributed by atoms with Gasteiger partial charge in [0.15, 0.2) is 0 Å². The molecule has 0 unspecified atom stereocenters. The molecule has 121 valence electrons. The summed E-state index contributed by atoms with van der Waals surface area (Å²) in [5.74, 6) is -0.856. The summed E-state index contributed by atoms with van der Waals surface area (Å²) in [6.45, 7) is 8.26. The number of hydrogen-bond donors (Lipinski definition) is 2. The summed E-state index contributed by atoms with van der Waals surface area (Å²) in [6, 6.07) is -0.523. The molecule has 9 heteroatoms. The number of amides is 2. The molecular formula is C12H19N2O6Ru. The Morgan fingerprint density at radius 1 is 1.29 bits per heavy atom. The zero-order valence-electron chi connectivity index (χ0n) is 12.3. The number of ether oxygens (including phenoxy) is 1. The maximum Gasteiger partial charge on any atom is 1.00 e. The van der Waals surface area contributed by atoms with E-state index in [9.17, 15) is 14.4 Å². The molecular weight excluding hydrogens is 369 g/mol. The fourth-order valence-electron chi connectivity index (χ4n) is 1.03. The Morgan fingerprint density at radius 2 is 1.90 bits per heavy atom. The Labute approximate surface area is 135 Å². The molecule has 21 heavy (non-hydrogen) atoms. The summed E-state index contributed by atoms with van der Waals surface area (Å²) in [6.07, 6.45) is 0. The van der Waals surface area contributed by atoms with E-state index in [4.69, 9.17) is 0 Å². The molecule has 0 saturated carbocycles. The van der Waals surface area contributed by atoms with Gasteiger partial charge in [0.1, 0.15) is 6.61 Å². The van der Waals surface area contributed by atoms with Crippen molar-refractivity contribution in [3.8, 4) is 0 Å². The zero-order valence-corrected chi connectivity index (χ0v) is 14.0. The van der Waals surface area contributed by atoms with E-state index in [-0.39, 0.29) is 44.2 Å². The van der Waals surface area contributed by atoms with Crippen LogP contribution in [0, 0.1) is 13.5 Å². The van der Waals surface area contributed by atoms with Gasteiger partial charge in [-0.3, -0.25) is 9.59 Å². The first-order valence-corrected chi connectivity index (χ1v) is 6.10. The number of nitrogens with one attached hydrogen (secondary N) is 2. The molecule has 2 N–H and O–H groups in total. The van der Waals surface area contributed by atoms with Gasteiger partial charge in [-0.15, -0.1) is 0 Å². The average molecular weight is 388 g/mol. The number of rotatable bonds is 5. The molecule has 1 aromatic heterocycles. The van der Waals surface area contributed by atoms with Gasteiger partial charge in [-0.25, -0.2) is 4.79 Å². The molecule has 1 rings (SSSR count). The molecule has 0 spiro atoms. The van der Waals surface area contributed by atoms with Crippen LogP contribution < -0.4 is 16.5 Å². The third-order valence-electron chi connectivity index (χ3n) is 1.80. The fourth-order valence-corrected chi connectivity index (χ4v) is 1.03. The number of carbonyl (C=O) groups is 2. The minimum Gasteiger partial charge on any atom is -0.489 e. The Balaban J connectivity index is 0. The first kappa shape index (κ1) is 21.5. The van der Waals surface area contributed by atoms with Crippen molar-refractivity contribution in [2.75, 3.05) is 13.2 Å². The van der Waals surface area contributed by atoms with Crippen molar-refractivity contribution in [3.05, 3.63) is 28.7 Å². The normalized spacial score (nSPS) is 8.57. The molecule has 0 aliphatic rings. The SMILES string of the molecule is CC.CC(=O)OCCNC(=O)N[CH-]c1oc(=O)oc1C.[Ru+]. The van der Waals surface area contributed by atoms with E-state index in [0.29, 0.717) is 0 Å². The van der Waals surface area contributed by atoms with Crippen LogP contribution in [0.4, 0.5) is 4.79 Å². The number of aryl methyl sites for hydroxylation is 1. The van der Waals surface area contributed by atoms with Crippen molar-refractivity contribution in [2.24, 2.45) is 0 Å². The van der Waals surface area contributed by atoms with Crippen LogP contribution in [0.25, 0.3) is 0 Å². The van der Waals surface area contributed by atoms with Crippen LogP contribution in [0.5, 0.6) is 0 Å². The van der Waals surface area contributed by atoms with Crippen LogP contribution in [0.1, 0.15) is 32.3 Å². The van der Waals surface area contributed by atoms with E-state index in [1.807, 2.05) is 13.8 Å². The minimum absolute atomic E-state index is 0. The van der Waals surface area contributed by atoms with Crippen LogP contribution in [0.2, 0.25) is 0 Å². The second-order valence-electron chi connectivity index (χ2n) is 3.26. The zero-order chi connectivity index (χ0) is 15.5. The second kappa shape index (κ2) is 12.0. The van der Waals surface area contributed by atoms with Crippen molar-refractivity contribution in [1.29, 1.82) is 0 Å². The van der Waals surface area contributed by atoms with E-state index in [0.717, 1.165) is 0 Å². The molecule has 0 aromatic carbocycles. The quantitative estimate of drug-likeness (QED) is 0.336. The Hall–Kier alpha value is -1.76. The summed E-state index contributed by atoms with van der Waals surface area (Å²) in [5.41, 5.74) is 0. The largest absolute Gasteiger partial charge is 1.00 e. The van der Waals surface area contributed by atoms with Crippen molar-refractivity contribution < 1.29 is 42.6 Å². The summed E-state index contributed by atoms with van der Waals surface area (Å²) in [7, 11) is 0. The van der Waals surface area contributed by atoms with Gasteiger partial charge in [-0.2, -0.15) is 0 Å². The van der Waals surface area contributed by atoms with Gasteiger partial charge in [-0.1, -0.05) is 27.3 Å². The molecule has 0 aliphatic carbocycles. The maximum atomic E-state index is 11.2. The van der Waals surface area contributed by atoms with E-state index in [2.05, 4.69) is 24.2 Å². The smallest absolute Gasteiger partial charge is 0.489 e. The second-order valence-corrected chi connectivity index (χ2v) is 3.26. The fraction of sp³-hybridized carbons (Fsp3) is 0.500. The predicted octanol–water partition coefficient (Wildman–Crippen LogP) is 0.937. The molecule has 0 bridgehead atoms. The number of carbonyl (C=O) groups excluding carboxylic acids is 2. The van der Waals surface area contributed by atoms with Gasteiger partial charge >= 0.3 is 37.3 Å². The molecule has 0 fully saturated rings. The van der Waals surface area contributed by atoms with E-state index in [1.54, 1.807) is 0 Å². The molecule has 2 amide bonds. The van der Waals surface area contributed by atoms with Gasteiger partial charge in [0.25, 0.3) is 0 Å². The summed E-state index contributed by atoms with van der Waals surface area (Å²) < 4.78 is 13.8. The average Bonchev–Trinajstić information content (AvgIpc) is 2.73. The minimum atomic E-state index is -0.837. The third kappa shape index (κ3) is 9.73. The molecule has 1 aromatic rings. The van der Waals surface area contributed by atoms with E-state index in [1.165, 1.54) is 20.4 Å². The molecule has 0 saturated heterocycles. The predicted molar refractivity (Wildman–Crippen MR) is 69.9 cm³/mol. The monoisotopic (exact) mass is 389 g/mol. The van der Waals surface area contributed by atoms with E-state index < -0.39 is 17.8 Å². The van der Waals surface area contributed by atoms with Crippen molar-refractivity contribution in [2.45, 2.75) is 27.7 Å². The summed E-state index contributed by atoms with van der Waals surface area (Å²) in [5, 5.41) is 4.76. The van der Waals surface area contributed by atoms with Crippen molar-refractivity contribution in [1.82, 2.24) is 10.6 Å². The van der Waals surface area contributed by atoms with Crippen molar-refractivity contribution in [3.63, 3.8) is 0 Å². The number of hydrogen-bond acceptors (Lipinski definition) is 6. The Morgan fingerprint density at radius 3 is 2.38 bits per heavy atom. The standard InChI is InChI=1S/C10H13N2O6.C2H6.Ru/c1-6-8(18-10(15)17-6)5-12-9(14)11-3-4-16-7(2)13;1-2;/h5H,3-4H2,1-2H3,(H2,11,12,14);1-2H3;/q-1;;+1. The number of urea groups is 1. The van der Waals surface area contributed by atoms with Gasteiger partial charge in [0, 0.05) is 12.7 Å². The van der Waals surface area contributed by atoms with Crippen LogP contribution in [-0.4, -0.2) is 25.2 Å². The van der Waals surface area contributed by atoms with Crippen LogP contribution >= 0.6 is 0 Å². The molecule has 1 radical (unpaired) electrons. The molecule has 0 atom stereocenters. The molecule has 0 aliphatic heterocycles. The topological polar surface area (TPSA) is 111 Å². The first-order valence-electron chi connectivity index (χ1n) is 6.10. The van der Waals surface area contributed by atoms with Gasteiger partial charge in [-0.05, 0) is 5.76 Å². The van der Waals surface area contributed by atoms with Gasteiger partial charge < -0.3 is 24.2 Å².